The zero-order valence-corrected chi connectivity index (χ0v) is 11.5. The fourth-order valence-corrected chi connectivity index (χ4v) is 1.51. The van der Waals surface area contributed by atoms with Crippen molar-refractivity contribution in [1.82, 2.24) is 0 Å². The first-order chi connectivity index (χ1) is 8.77. The van der Waals surface area contributed by atoms with Gasteiger partial charge in [-0.2, -0.15) is 0 Å². The molecular formula is C14H18O5. The van der Waals surface area contributed by atoms with Crippen molar-refractivity contribution in [3.8, 4) is 11.5 Å². The Hall–Kier alpha value is -2.04. The summed E-state index contributed by atoms with van der Waals surface area (Å²) in [5.41, 5.74) is -0.957. The van der Waals surface area contributed by atoms with Crippen molar-refractivity contribution in [2.75, 3.05) is 6.61 Å². The van der Waals surface area contributed by atoms with E-state index >= 15 is 0 Å². The van der Waals surface area contributed by atoms with Gasteiger partial charge in [-0.05, 0) is 39.8 Å². The van der Waals surface area contributed by atoms with Gasteiger partial charge in [0.15, 0.2) is 11.4 Å². The van der Waals surface area contributed by atoms with Crippen LogP contribution >= 0.6 is 0 Å². The molecule has 0 aliphatic heterocycles. The fraction of sp³-hybridized carbons (Fsp3) is 0.429. The van der Waals surface area contributed by atoms with Gasteiger partial charge in [0.25, 0.3) is 0 Å². The molecule has 0 amide bonds. The van der Waals surface area contributed by atoms with E-state index in [1.807, 2.05) is 0 Å². The van der Waals surface area contributed by atoms with Crippen LogP contribution in [0.15, 0.2) is 18.2 Å². The van der Waals surface area contributed by atoms with Crippen molar-refractivity contribution in [3.63, 3.8) is 0 Å². The van der Waals surface area contributed by atoms with E-state index in [-0.39, 0.29) is 23.7 Å². The number of ether oxygens (including phenoxy) is 2. The van der Waals surface area contributed by atoms with Crippen LogP contribution in [0.3, 0.4) is 0 Å². The average molecular weight is 266 g/mol. The molecule has 1 aromatic carbocycles. The summed E-state index contributed by atoms with van der Waals surface area (Å²) in [6.45, 7) is 6.47. The summed E-state index contributed by atoms with van der Waals surface area (Å²) in [7, 11) is 0. The summed E-state index contributed by atoms with van der Waals surface area (Å²) in [4.78, 5) is 22.8. The van der Waals surface area contributed by atoms with Gasteiger partial charge in [-0.15, -0.1) is 0 Å². The molecule has 0 bridgehead atoms. The lowest BCUT2D eigenvalue weighted by Gasteiger charge is -2.24. The van der Waals surface area contributed by atoms with Gasteiger partial charge in [-0.1, -0.05) is 0 Å². The predicted octanol–water partition coefficient (Wildman–Crippen LogP) is 2.32. The van der Waals surface area contributed by atoms with E-state index in [0.717, 1.165) is 0 Å². The summed E-state index contributed by atoms with van der Waals surface area (Å²) in [6, 6.07) is 4.28. The smallest absolute Gasteiger partial charge is 0.349 e. The Balaban J connectivity index is 2.91. The zero-order chi connectivity index (χ0) is 14.6. The summed E-state index contributed by atoms with van der Waals surface area (Å²) in [6.07, 6.45) is 0. The SMILES string of the molecule is CCOC(=O)C(C)(C)Oc1ccc(C(C)=O)c(O)c1. The first-order valence-electron chi connectivity index (χ1n) is 5.98. The second-order valence-electron chi connectivity index (χ2n) is 4.57. The van der Waals surface area contributed by atoms with Crippen molar-refractivity contribution in [1.29, 1.82) is 0 Å². The van der Waals surface area contributed by atoms with E-state index in [2.05, 4.69) is 0 Å². The summed E-state index contributed by atoms with van der Waals surface area (Å²) in [5, 5.41) is 9.68. The normalized spacial score (nSPS) is 10.9. The Morgan fingerprint density at radius 2 is 1.95 bits per heavy atom. The van der Waals surface area contributed by atoms with E-state index in [1.54, 1.807) is 20.8 Å². The molecule has 0 atom stereocenters. The Morgan fingerprint density at radius 3 is 2.42 bits per heavy atom. The molecule has 104 valence electrons. The van der Waals surface area contributed by atoms with Gasteiger partial charge in [0.1, 0.15) is 11.5 Å². The minimum absolute atomic E-state index is 0.176. The number of benzene rings is 1. The number of rotatable bonds is 5. The maximum absolute atomic E-state index is 11.7. The highest BCUT2D eigenvalue weighted by Gasteiger charge is 2.31. The maximum Gasteiger partial charge on any atom is 0.349 e. The van der Waals surface area contributed by atoms with Gasteiger partial charge in [-0.25, -0.2) is 4.79 Å². The number of esters is 1. The highest BCUT2D eigenvalue weighted by Crippen LogP contribution is 2.27. The Labute approximate surface area is 112 Å². The molecule has 19 heavy (non-hydrogen) atoms. The highest BCUT2D eigenvalue weighted by molar-refractivity contribution is 5.96. The molecule has 1 rings (SSSR count). The quantitative estimate of drug-likeness (QED) is 0.654. The second kappa shape index (κ2) is 5.73. The average Bonchev–Trinajstić information content (AvgIpc) is 2.28. The number of Topliss-reactive ketones (excluding diaryl/α,β-unsaturated/α-hetero) is 1. The standard InChI is InChI=1S/C14H18O5/c1-5-18-13(17)14(3,4)19-10-6-7-11(9(2)15)12(16)8-10/h6-8,16H,5H2,1-4H3. The third-order valence-electron chi connectivity index (χ3n) is 2.49. The molecule has 0 heterocycles. The molecular weight excluding hydrogens is 248 g/mol. The van der Waals surface area contributed by atoms with Crippen molar-refractivity contribution in [3.05, 3.63) is 23.8 Å². The lowest BCUT2D eigenvalue weighted by atomic mass is 10.1. The van der Waals surface area contributed by atoms with Gasteiger partial charge in [0.05, 0.1) is 12.2 Å². The van der Waals surface area contributed by atoms with Crippen LogP contribution in [0.25, 0.3) is 0 Å². The number of carbonyl (C=O) groups excluding carboxylic acids is 2. The molecule has 0 aliphatic rings. The third-order valence-corrected chi connectivity index (χ3v) is 2.49. The third kappa shape index (κ3) is 3.71. The largest absolute Gasteiger partial charge is 0.507 e. The van der Waals surface area contributed by atoms with Gasteiger partial charge < -0.3 is 14.6 Å². The summed E-state index contributed by atoms with van der Waals surface area (Å²) >= 11 is 0. The van der Waals surface area contributed by atoms with Gasteiger partial charge >= 0.3 is 5.97 Å². The molecule has 0 spiro atoms. The molecule has 1 N–H and O–H groups in total. The molecule has 0 saturated carbocycles. The number of ketones is 1. The van der Waals surface area contributed by atoms with E-state index in [1.165, 1.54) is 25.1 Å². The van der Waals surface area contributed by atoms with Crippen LogP contribution in [-0.2, 0) is 9.53 Å². The van der Waals surface area contributed by atoms with Gasteiger partial charge in [-0.3, -0.25) is 4.79 Å². The van der Waals surface area contributed by atoms with Crippen LogP contribution in [0.4, 0.5) is 0 Å². The minimum Gasteiger partial charge on any atom is -0.507 e. The lowest BCUT2D eigenvalue weighted by Crippen LogP contribution is -2.39. The van der Waals surface area contributed by atoms with E-state index in [4.69, 9.17) is 9.47 Å². The van der Waals surface area contributed by atoms with Gasteiger partial charge in [0.2, 0.25) is 0 Å². The van der Waals surface area contributed by atoms with Crippen molar-refractivity contribution >= 4 is 11.8 Å². The molecule has 1 aromatic rings. The predicted molar refractivity (Wildman–Crippen MR) is 69.5 cm³/mol. The number of carbonyl (C=O) groups is 2. The van der Waals surface area contributed by atoms with E-state index < -0.39 is 11.6 Å². The van der Waals surface area contributed by atoms with Crippen LogP contribution in [0.2, 0.25) is 0 Å². The minimum atomic E-state index is -1.17. The van der Waals surface area contributed by atoms with Crippen LogP contribution < -0.4 is 4.74 Å². The molecule has 0 fully saturated rings. The first-order valence-corrected chi connectivity index (χ1v) is 5.98. The molecule has 0 aromatic heterocycles. The zero-order valence-electron chi connectivity index (χ0n) is 11.5. The number of phenolic OH excluding ortho intramolecular Hbond substituents is 1. The van der Waals surface area contributed by atoms with Crippen molar-refractivity contribution in [2.45, 2.75) is 33.3 Å². The molecule has 5 nitrogen and oxygen atoms in total. The van der Waals surface area contributed by atoms with Gasteiger partial charge in [0, 0.05) is 6.07 Å². The topological polar surface area (TPSA) is 72.8 Å². The van der Waals surface area contributed by atoms with E-state index in [9.17, 15) is 14.7 Å². The van der Waals surface area contributed by atoms with Crippen LogP contribution in [0, 0.1) is 0 Å². The number of hydrogen-bond donors (Lipinski definition) is 1. The summed E-state index contributed by atoms with van der Waals surface area (Å²) < 4.78 is 10.4. The Bertz CT molecular complexity index is 491. The van der Waals surface area contributed by atoms with Crippen LogP contribution in [0.5, 0.6) is 11.5 Å². The van der Waals surface area contributed by atoms with Crippen molar-refractivity contribution < 1.29 is 24.2 Å². The van der Waals surface area contributed by atoms with E-state index in [0.29, 0.717) is 5.75 Å². The van der Waals surface area contributed by atoms with Crippen LogP contribution in [0.1, 0.15) is 38.1 Å². The molecule has 0 radical (unpaired) electrons. The monoisotopic (exact) mass is 266 g/mol. The van der Waals surface area contributed by atoms with Crippen LogP contribution in [-0.4, -0.2) is 29.1 Å². The maximum atomic E-state index is 11.7. The second-order valence-corrected chi connectivity index (χ2v) is 4.57. The Morgan fingerprint density at radius 1 is 1.32 bits per heavy atom. The molecule has 0 unspecified atom stereocenters. The summed E-state index contributed by atoms with van der Waals surface area (Å²) in [5.74, 6) is -0.621. The number of phenols is 1. The molecule has 0 saturated heterocycles. The van der Waals surface area contributed by atoms with Crippen molar-refractivity contribution in [2.24, 2.45) is 0 Å². The first kappa shape index (κ1) is 15.0. The fourth-order valence-electron chi connectivity index (χ4n) is 1.51. The number of hydrogen-bond acceptors (Lipinski definition) is 5. The molecule has 5 heteroatoms. The Kier molecular flexibility index (Phi) is 4.53. The highest BCUT2D eigenvalue weighted by atomic mass is 16.6. The number of aromatic hydroxyl groups is 1. The lowest BCUT2D eigenvalue weighted by molar-refractivity contribution is -0.158. The molecule has 0 aliphatic carbocycles.